The lowest BCUT2D eigenvalue weighted by Gasteiger charge is -2.14. The molecule has 0 bridgehead atoms. The van der Waals surface area contributed by atoms with Gasteiger partial charge in [0.2, 0.25) is 0 Å². The van der Waals surface area contributed by atoms with E-state index < -0.39 is 0 Å². The van der Waals surface area contributed by atoms with Gasteiger partial charge >= 0.3 is 0 Å². The number of para-hydroxylation sites is 3. The average Bonchev–Trinajstić information content (AvgIpc) is 4.00. The normalized spacial score (nSPS) is 11.9. The SMILES string of the molecule is N#Cc1cc(-c2cc(C#N)cc(-n3c4ccccc4c4ccc5c6ccccc6oc5c43)c2)cc(-n2c3ccccc3c3cc4sc5ccccc5c4cc32)c1. The molecule has 0 radical (unpaired) electrons. The van der Waals surface area contributed by atoms with Crippen LogP contribution in [0.2, 0.25) is 0 Å². The van der Waals surface area contributed by atoms with Crippen LogP contribution in [0.4, 0.5) is 0 Å². The second-order valence-corrected chi connectivity index (χ2v) is 15.5. The van der Waals surface area contributed by atoms with Gasteiger partial charge in [-0.05, 0) is 90.0 Å². The van der Waals surface area contributed by atoms with E-state index in [1.807, 2.05) is 59.9 Å². The van der Waals surface area contributed by atoms with E-state index in [9.17, 15) is 10.5 Å². The quantitative estimate of drug-likeness (QED) is 0.182. The molecule has 4 aromatic heterocycles. The molecule has 5 nitrogen and oxygen atoms in total. The van der Waals surface area contributed by atoms with E-state index in [-0.39, 0.29) is 0 Å². The van der Waals surface area contributed by atoms with Crippen molar-refractivity contribution in [1.29, 1.82) is 10.5 Å². The van der Waals surface area contributed by atoms with Crippen LogP contribution < -0.4 is 0 Å². The summed E-state index contributed by atoms with van der Waals surface area (Å²) in [6, 6.07) is 59.4. The number of thiophene rings is 1. The van der Waals surface area contributed by atoms with E-state index in [4.69, 9.17) is 4.42 Å². The second kappa shape index (κ2) is 11.4. The van der Waals surface area contributed by atoms with Gasteiger partial charge in [-0.3, -0.25) is 0 Å². The molecule has 0 aliphatic rings. The van der Waals surface area contributed by atoms with Gasteiger partial charge in [0.05, 0.1) is 45.3 Å². The van der Waals surface area contributed by atoms with Crippen LogP contribution in [0, 0.1) is 22.7 Å². The zero-order valence-electron chi connectivity index (χ0n) is 29.6. The fraction of sp³-hybridized carbons (Fsp3) is 0. The molecule has 0 atom stereocenters. The van der Waals surface area contributed by atoms with E-state index in [0.717, 1.165) is 82.7 Å². The van der Waals surface area contributed by atoms with Crippen molar-refractivity contribution in [2.24, 2.45) is 0 Å². The third kappa shape index (κ3) is 4.28. The topological polar surface area (TPSA) is 70.6 Å². The van der Waals surface area contributed by atoms with Gasteiger partial charge in [-0.1, -0.05) is 78.9 Å². The zero-order valence-corrected chi connectivity index (χ0v) is 30.4. The summed E-state index contributed by atoms with van der Waals surface area (Å²) in [5, 5.41) is 30.0. The molecule has 0 aliphatic heterocycles. The first kappa shape index (κ1) is 30.8. The summed E-state index contributed by atoms with van der Waals surface area (Å²) in [7, 11) is 0. The number of nitriles is 2. The highest BCUT2D eigenvalue weighted by molar-refractivity contribution is 7.25. The Kier molecular flexibility index (Phi) is 6.28. The minimum absolute atomic E-state index is 0.521. The molecular weight excluding hydrogens is 705 g/mol. The van der Waals surface area contributed by atoms with E-state index in [2.05, 4.69) is 130 Å². The molecule has 6 heteroatoms. The lowest BCUT2D eigenvalue weighted by molar-refractivity contribution is 0.671. The van der Waals surface area contributed by atoms with Crippen molar-refractivity contribution in [3.63, 3.8) is 0 Å². The van der Waals surface area contributed by atoms with Crippen LogP contribution in [0.3, 0.4) is 0 Å². The van der Waals surface area contributed by atoms with Gasteiger partial charge in [0.1, 0.15) is 5.58 Å². The molecular formula is C50H26N4OS. The maximum Gasteiger partial charge on any atom is 0.160 e. The van der Waals surface area contributed by atoms with Gasteiger partial charge in [-0.25, -0.2) is 0 Å². The van der Waals surface area contributed by atoms with Crippen LogP contribution >= 0.6 is 11.3 Å². The Morgan fingerprint density at radius 2 is 1.02 bits per heavy atom. The molecule has 0 fully saturated rings. The summed E-state index contributed by atoms with van der Waals surface area (Å²) in [4.78, 5) is 0. The number of fused-ring (bicyclic) bond motifs is 13. The summed E-state index contributed by atoms with van der Waals surface area (Å²) in [6.07, 6.45) is 0. The zero-order chi connectivity index (χ0) is 37.1. The van der Waals surface area contributed by atoms with Crippen molar-refractivity contribution in [3.8, 4) is 34.6 Å². The highest BCUT2D eigenvalue weighted by atomic mass is 32.1. The third-order valence-electron chi connectivity index (χ3n) is 11.3. The van der Waals surface area contributed by atoms with Crippen LogP contribution in [0.1, 0.15) is 11.1 Å². The lowest BCUT2D eigenvalue weighted by atomic mass is 9.99. The van der Waals surface area contributed by atoms with Gasteiger partial charge in [0.25, 0.3) is 0 Å². The number of benzene rings is 8. The molecule has 0 unspecified atom stereocenters. The molecule has 0 spiro atoms. The molecule has 0 N–H and O–H groups in total. The Morgan fingerprint density at radius 1 is 0.429 bits per heavy atom. The number of aromatic nitrogens is 2. The van der Waals surface area contributed by atoms with Crippen molar-refractivity contribution >= 4 is 97.1 Å². The number of rotatable bonds is 3. The Labute approximate surface area is 323 Å². The van der Waals surface area contributed by atoms with Gasteiger partial charge in [0, 0.05) is 63.9 Å². The second-order valence-electron chi connectivity index (χ2n) is 14.4. The highest BCUT2D eigenvalue weighted by Crippen LogP contribution is 2.43. The summed E-state index contributed by atoms with van der Waals surface area (Å²) >= 11 is 1.82. The fourth-order valence-electron chi connectivity index (χ4n) is 8.91. The molecule has 0 amide bonds. The summed E-state index contributed by atoms with van der Waals surface area (Å²) in [6.45, 7) is 0. The van der Waals surface area contributed by atoms with Crippen LogP contribution in [-0.2, 0) is 0 Å². The number of hydrogen-bond donors (Lipinski definition) is 0. The number of furan rings is 1. The van der Waals surface area contributed by atoms with Crippen LogP contribution in [-0.4, -0.2) is 9.13 Å². The molecule has 8 aromatic carbocycles. The smallest absolute Gasteiger partial charge is 0.160 e. The van der Waals surface area contributed by atoms with Crippen molar-refractivity contribution in [1.82, 2.24) is 9.13 Å². The largest absolute Gasteiger partial charge is 0.454 e. The van der Waals surface area contributed by atoms with Crippen LogP contribution in [0.15, 0.2) is 162 Å². The Morgan fingerprint density at radius 3 is 1.75 bits per heavy atom. The monoisotopic (exact) mass is 730 g/mol. The van der Waals surface area contributed by atoms with Crippen molar-refractivity contribution < 1.29 is 4.42 Å². The molecule has 4 heterocycles. The van der Waals surface area contributed by atoms with Crippen molar-refractivity contribution in [2.75, 3.05) is 0 Å². The molecule has 0 aliphatic carbocycles. The molecule has 0 saturated carbocycles. The van der Waals surface area contributed by atoms with E-state index in [1.165, 1.54) is 25.6 Å². The lowest BCUT2D eigenvalue weighted by Crippen LogP contribution is -1.98. The van der Waals surface area contributed by atoms with E-state index in [1.54, 1.807) is 0 Å². The highest BCUT2D eigenvalue weighted by Gasteiger charge is 2.21. The Hall–Kier alpha value is -7.64. The van der Waals surface area contributed by atoms with E-state index >= 15 is 0 Å². The van der Waals surface area contributed by atoms with Gasteiger partial charge in [-0.15, -0.1) is 11.3 Å². The van der Waals surface area contributed by atoms with Gasteiger partial charge < -0.3 is 13.6 Å². The van der Waals surface area contributed by atoms with Crippen LogP contribution in [0.5, 0.6) is 0 Å². The number of hydrogen-bond acceptors (Lipinski definition) is 4. The Bertz CT molecular complexity index is 3750. The standard InChI is InChI=1S/C50H26N4OS/c51-27-29-19-31(23-33(21-29)53-43-13-5-2-10-36(43)41-26-48-42(25-45(41)53)38-12-4-8-16-47(38)56-48)32-20-30(28-52)22-34(24-32)54-44-14-6-1-9-35(44)39-17-18-40-37-11-3-7-15-46(37)55-50(40)49(39)54/h1-26H. The third-order valence-corrected chi connectivity index (χ3v) is 12.4. The minimum atomic E-state index is 0.521. The number of nitrogens with zero attached hydrogens (tertiary/aromatic N) is 4. The summed E-state index contributed by atoms with van der Waals surface area (Å²) < 4.78 is 13.6. The predicted molar refractivity (Wildman–Crippen MR) is 230 cm³/mol. The Balaban J connectivity index is 1.12. The minimum Gasteiger partial charge on any atom is -0.454 e. The van der Waals surface area contributed by atoms with E-state index in [0.29, 0.717) is 11.1 Å². The first-order valence-corrected chi connectivity index (χ1v) is 19.3. The molecule has 12 rings (SSSR count). The maximum absolute atomic E-state index is 10.5. The first-order chi connectivity index (χ1) is 27.6. The molecule has 56 heavy (non-hydrogen) atoms. The fourth-order valence-corrected chi connectivity index (χ4v) is 10.0. The first-order valence-electron chi connectivity index (χ1n) is 18.4. The average molecular weight is 731 g/mol. The van der Waals surface area contributed by atoms with Crippen molar-refractivity contribution in [3.05, 3.63) is 169 Å². The van der Waals surface area contributed by atoms with Crippen molar-refractivity contribution in [2.45, 2.75) is 0 Å². The van der Waals surface area contributed by atoms with Gasteiger partial charge in [-0.2, -0.15) is 10.5 Å². The summed E-state index contributed by atoms with van der Waals surface area (Å²) in [5.41, 5.74) is 10.2. The van der Waals surface area contributed by atoms with Gasteiger partial charge in [0.15, 0.2) is 5.58 Å². The predicted octanol–water partition coefficient (Wildman–Crippen LogP) is 13.6. The maximum atomic E-state index is 10.5. The molecule has 12 aromatic rings. The molecule has 258 valence electrons. The summed E-state index contributed by atoms with van der Waals surface area (Å²) in [5.74, 6) is 0. The van der Waals surface area contributed by atoms with Crippen LogP contribution in [0.25, 0.3) is 108 Å². The molecule has 0 saturated heterocycles.